The Bertz CT molecular complexity index is 786. The molecule has 1 aromatic carbocycles. The third kappa shape index (κ3) is 7.57. The highest BCUT2D eigenvalue weighted by Crippen LogP contribution is 2.22. The molecule has 0 unspecified atom stereocenters. The fourth-order valence-electron chi connectivity index (χ4n) is 2.67. The maximum atomic E-state index is 11.9. The normalized spacial score (nSPS) is 11.4. The van der Waals surface area contributed by atoms with Crippen LogP contribution < -0.4 is 10.6 Å². The minimum absolute atomic E-state index is 0.0137. The van der Waals surface area contributed by atoms with Gasteiger partial charge in [-0.05, 0) is 13.3 Å². The van der Waals surface area contributed by atoms with E-state index in [1.165, 1.54) is 0 Å². The average molecular weight is 401 g/mol. The zero-order chi connectivity index (χ0) is 21.1. The van der Waals surface area contributed by atoms with Gasteiger partial charge in [0.1, 0.15) is 0 Å². The largest absolute Gasteiger partial charge is 0.382 e. The van der Waals surface area contributed by atoms with Gasteiger partial charge in [0, 0.05) is 58.2 Å². The molecule has 1 amide bonds. The van der Waals surface area contributed by atoms with Crippen molar-refractivity contribution in [3.8, 4) is 11.3 Å². The van der Waals surface area contributed by atoms with Gasteiger partial charge < -0.3 is 20.3 Å². The zero-order valence-corrected chi connectivity index (χ0v) is 17.8. The maximum Gasteiger partial charge on any atom is 0.241 e. The predicted octanol–water partition coefficient (Wildman–Crippen LogP) is 1.64. The predicted molar refractivity (Wildman–Crippen MR) is 116 cm³/mol. The Morgan fingerprint density at radius 1 is 1.24 bits per heavy atom. The van der Waals surface area contributed by atoms with Crippen LogP contribution in [0.3, 0.4) is 0 Å². The number of nitrogens with one attached hydrogen (secondary N) is 2. The molecule has 0 fully saturated rings. The van der Waals surface area contributed by atoms with Crippen molar-refractivity contribution in [2.24, 2.45) is 12.0 Å². The molecule has 2 rings (SSSR count). The fraction of sp³-hybridized carbons (Fsp3) is 0.476. The Morgan fingerprint density at radius 2 is 2.00 bits per heavy atom. The molecule has 2 aromatic rings. The minimum Gasteiger partial charge on any atom is -0.382 e. The number of likely N-dealkylation sites (N-methyl/N-ethyl adjacent to an activating group) is 1. The van der Waals surface area contributed by atoms with Crippen molar-refractivity contribution in [1.29, 1.82) is 0 Å². The number of ether oxygens (including phenoxy) is 1. The zero-order valence-electron chi connectivity index (χ0n) is 17.8. The number of aliphatic imine (C=N–C) groups is 1. The van der Waals surface area contributed by atoms with E-state index in [1.54, 1.807) is 23.7 Å². The molecule has 0 bridgehead atoms. The summed E-state index contributed by atoms with van der Waals surface area (Å²) in [4.78, 5) is 18.1. The molecule has 1 heterocycles. The number of hydrogen-bond donors (Lipinski definition) is 2. The van der Waals surface area contributed by atoms with Gasteiger partial charge in [0.25, 0.3) is 0 Å². The van der Waals surface area contributed by atoms with Gasteiger partial charge in [-0.2, -0.15) is 5.10 Å². The van der Waals surface area contributed by atoms with Crippen molar-refractivity contribution >= 4 is 11.9 Å². The van der Waals surface area contributed by atoms with Crippen LogP contribution >= 0.6 is 0 Å². The molecule has 0 aliphatic carbocycles. The first kappa shape index (κ1) is 22.4. The summed E-state index contributed by atoms with van der Waals surface area (Å²) < 4.78 is 7.17. The second kappa shape index (κ2) is 11.9. The molecule has 0 atom stereocenters. The first-order valence-electron chi connectivity index (χ1n) is 9.89. The standard InChI is InChI=1S/C21H32N6O2/c1-5-29-13-9-12-22-21(24-15-19(28)26(2)3)23-14-18-16-27(4)25-20(18)17-10-7-6-8-11-17/h6-8,10-11,16H,5,9,12-15H2,1-4H3,(H2,22,23,24). The van der Waals surface area contributed by atoms with Crippen LogP contribution in [0, 0.1) is 0 Å². The molecule has 0 saturated heterocycles. The summed E-state index contributed by atoms with van der Waals surface area (Å²) in [6.45, 7) is 4.72. The fourth-order valence-corrected chi connectivity index (χ4v) is 2.67. The molecule has 29 heavy (non-hydrogen) atoms. The van der Waals surface area contributed by atoms with Crippen LogP contribution in [0.4, 0.5) is 0 Å². The van der Waals surface area contributed by atoms with Crippen molar-refractivity contribution in [1.82, 2.24) is 25.3 Å². The van der Waals surface area contributed by atoms with Gasteiger partial charge >= 0.3 is 0 Å². The van der Waals surface area contributed by atoms with Crippen molar-refractivity contribution in [3.05, 3.63) is 42.1 Å². The van der Waals surface area contributed by atoms with Crippen molar-refractivity contribution in [3.63, 3.8) is 0 Å². The number of aryl methyl sites for hydroxylation is 1. The van der Waals surface area contributed by atoms with Gasteiger partial charge in [-0.25, -0.2) is 4.99 Å². The van der Waals surface area contributed by atoms with Gasteiger partial charge in [-0.1, -0.05) is 30.3 Å². The van der Waals surface area contributed by atoms with Gasteiger partial charge in [0.15, 0.2) is 5.96 Å². The summed E-state index contributed by atoms with van der Waals surface area (Å²) >= 11 is 0. The smallest absolute Gasteiger partial charge is 0.241 e. The third-order valence-corrected chi connectivity index (χ3v) is 4.23. The van der Waals surface area contributed by atoms with E-state index in [0.29, 0.717) is 32.3 Å². The molecular formula is C21H32N6O2. The highest BCUT2D eigenvalue weighted by atomic mass is 16.5. The summed E-state index contributed by atoms with van der Waals surface area (Å²) in [5, 5.41) is 11.0. The Hall–Kier alpha value is -2.87. The van der Waals surface area contributed by atoms with E-state index in [9.17, 15) is 4.79 Å². The van der Waals surface area contributed by atoms with Gasteiger partial charge in [0.2, 0.25) is 5.91 Å². The number of carbonyl (C=O) groups excluding carboxylic acids is 1. The molecular weight excluding hydrogens is 368 g/mol. The number of amides is 1. The van der Waals surface area contributed by atoms with E-state index >= 15 is 0 Å². The SMILES string of the molecule is CCOCCCNC(=NCc1cn(C)nc1-c1ccccc1)NCC(=O)N(C)C. The topological polar surface area (TPSA) is 83.8 Å². The quantitative estimate of drug-likeness (QED) is 0.360. The Kier molecular flexibility index (Phi) is 9.17. The lowest BCUT2D eigenvalue weighted by atomic mass is 10.1. The molecule has 0 spiro atoms. The molecule has 8 nitrogen and oxygen atoms in total. The van der Waals surface area contributed by atoms with Crippen LogP contribution in [0.5, 0.6) is 0 Å². The third-order valence-electron chi connectivity index (χ3n) is 4.23. The molecule has 8 heteroatoms. The van der Waals surface area contributed by atoms with E-state index in [2.05, 4.69) is 20.7 Å². The summed E-state index contributed by atoms with van der Waals surface area (Å²) in [5.41, 5.74) is 2.99. The molecule has 0 saturated carbocycles. The second-order valence-corrected chi connectivity index (χ2v) is 6.83. The van der Waals surface area contributed by atoms with Crippen LogP contribution in [-0.4, -0.2) is 66.9 Å². The summed E-state index contributed by atoms with van der Waals surface area (Å²) in [5.74, 6) is 0.583. The Morgan fingerprint density at radius 3 is 2.69 bits per heavy atom. The van der Waals surface area contributed by atoms with E-state index in [-0.39, 0.29) is 12.5 Å². The van der Waals surface area contributed by atoms with Gasteiger partial charge in [-0.3, -0.25) is 9.48 Å². The lowest BCUT2D eigenvalue weighted by Gasteiger charge is -2.15. The number of hydrogen-bond acceptors (Lipinski definition) is 4. The van der Waals surface area contributed by atoms with Crippen molar-refractivity contribution in [2.45, 2.75) is 19.9 Å². The first-order valence-corrected chi connectivity index (χ1v) is 9.89. The number of carbonyl (C=O) groups is 1. The maximum absolute atomic E-state index is 11.9. The van der Waals surface area contributed by atoms with Crippen LogP contribution in [0.2, 0.25) is 0 Å². The monoisotopic (exact) mass is 400 g/mol. The number of rotatable bonds is 10. The Labute approximate surface area is 173 Å². The van der Waals surface area contributed by atoms with Crippen LogP contribution in [-0.2, 0) is 23.1 Å². The van der Waals surface area contributed by atoms with E-state index in [0.717, 1.165) is 23.2 Å². The van der Waals surface area contributed by atoms with E-state index in [1.807, 2.05) is 50.5 Å². The highest BCUT2D eigenvalue weighted by Gasteiger charge is 2.11. The highest BCUT2D eigenvalue weighted by molar-refractivity contribution is 5.86. The average Bonchev–Trinajstić information content (AvgIpc) is 3.10. The first-order chi connectivity index (χ1) is 14.0. The minimum atomic E-state index is -0.0137. The van der Waals surface area contributed by atoms with Crippen LogP contribution in [0.1, 0.15) is 18.9 Å². The van der Waals surface area contributed by atoms with E-state index in [4.69, 9.17) is 4.74 Å². The number of aromatic nitrogens is 2. The summed E-state index contributed by atoms with van der Waals surface area (Å²) in [6, 6.07) is 10.1. The summed E-state index contributed by atoms with van der Waals surface area (Å²) in [6.07, 6.45) is 2.84. The molecule has 158 valence electrons. The molecule has 1 aromatic heterocycles. The lowest BCUT2D eigenvalue weighted by Crippen LogP contribution is -2.43. The summed E-state index contributed by atoms with van der Waals surface area (Å²) in [7, 11) is 5.37. The van der Waals surface area contributed by atoms with Crippen molar-refractivity contribution in [2.75, 3.05) is 40.4 Å². The van der Waals surface area contributed by atoms with E-state index < -0.39 is 0 Å². The Balaban J connectivity index is 2.08. The number of nitrogens with zero attached hydrogens (tertiary/aromatic N) is 4. The van der Waals surface area contributed by atoms with Crippen molar-refractivity contribution < 1.29 is 9.53 Å². The molecule has 2 N–H and O–H groups in total. The van der Waals surface area contributed by atoms with Crippen LogP contribution in [0.25, 0.3) is 11.3 Å². The number of guanidine groups is 1. The lowest BCUT2D eigenvalue weighted by molar-refractivity contribution is -0.127. The second-order valence-electron chi connectivity index (χ2n) is 6.83. The van der Waals surface area contributed by atoms with Gasteiger partial charge in [0.05, 0.1) is 18.8 Å². The molecule has 0 radical (unpaired) electrons. The van der Waals surface area contributed by atoms with Crippen LogP contribution in [0.15, 0.2) is 41.5 Å². The van der Waals surface area contributed by atoms with Gasteiger partial charge in [-0.15, -0.1) is 0 Å². The molecule has 0 aliphatic rings. The number of benzene rings is 1. The molecule has 0 aliphatic heterocycles.